The summed E-state index contributed by atoms with van der Waals surface area (Å²) in [7, 11) is 0. The van der Waals surface area contributed by atoms with Crippen LogP contribution in [0.15, 0.2) is 78.9 Å². The fourth-order valence-electron chi connectivity index (χ4n) is 6.42. The molecule has 0 radical (unpaired) electrons. The summed E-state index contributed by atoms with van der Waals surface area (Å²) in [4.78, 5) is 2.56. The lowest BCUT2D eigenvalue weighted by Gasteiger charge is -2.41. The molecule has 2 saturated heterocycles. The van der Waals surface area contributed by atoms with Gasteiger partial charge in [-0.3, -0.25) is 4.90 Å². The van der Waals surface area contributed by atoms with Crippen molar-refractivity contribution in [2.24, 2.45) is 0 Å². The molecule has 0 saturated carbocycles. The van der Waals surface area contributed by atoms with Crippen molar-refractivity contribution in [3.63, 3.8) is 0 Å². The summed E-state index contributed by atoms with van der Waals surface area (Å²) in [6.07, 6.45) is 6.54. The molecular weight excluding hydrogens is 406 g/mol. The third-order valence-electron chi connectivity index (χ3n) is 8.08. The molecule has 2 aliphatic heterocycles. The quantitative estimate of drug-likeness (QED) is 0.560. The average Bonchev–Trinajstić information content (AvgIpc) is 3.02. The van der Waals surface area contributed by atoms with Gasteiger partial charge in [-0.1, -0.05) is 78.9 Å². The van der Waals surface area contributed by atoms with Gasteiger partial charge in [0.05, 0.1) is 12.2 Å². The second kappa shape index (κ2) is 9.06. The third-order valence-corrected chi connectivity index (χ3v) is 8.08. The van der Waals surface area contributed by atoms with E-state index in [2.05, 4.69) is 53.4 Å². The maximum absolute atomic E-state index is 10.8. The smallest absolute Gasteiger partial charge is 0.108 e. The van der Waals surface area contributed by atoms with E-state index in [0.29, 0.717) is 12.1 Å². The Morgan fingerprint density at radius 1 is 0.758 bits per heavy atom. The lowest BCUT2D eigenvalue weighted by Crippen LogP contribution is -2.47. The molecule has 2 bridgehead atoms. The zero-order chi connectivity index (χ0) is 22.2. The number of ether oxygens (including phenoxy) is 1. The van der Waals surface area contributed by atoms with E-state index in [1.165, 1.54) is 35.1 Å². The first-order valence-corrected chi connectivity index (χ1v) is 12.6. The Bertz CT molecular complexity index is 1040. The summed E-state index contributed by atoms with van der Waals surface area (Å²) in [6.45, 7) is 0.723. The molecule has 0 amide bonds. The van der Waals surface area contributed by atoms with Gasteiger partial charge in [-0.15, -0.1) is 0 Å². The number of fused-ring (bicyclic) bond motifs is 4. The summed E-state index contributed by atoms with van der Waals surface area (Å²) in [5, 5.41) is 10.8. The van der Waals surface area contributed by atoms with Gasteiger partial charge in [-0.2, -0.15) is 0 Å². The Morgan fingerprint density at radius 3 is 1.91 bits per heavy atom. The molecule has 3 aromatic carbocycles. The lowest BCUT2D eigenvalue weighted by molar-refractivity contribution is -0.0561. The number of nitrogens with zero attached hydrogens (tertiary/aromatic N) is 1. The number of benzene rings is 3. The van der Waals surface area contributed by atoms with Gasteiger partial charge < -0.3 is 9.84 Å². The Labute approximate surface area is 197 Å². The minimum absolute atomic E-state index is 0.0192. The van der Waals surface area contributed by atoms with E-state index >= 15 is 0 Å². The van der Waals surface area contributed by atoms with Crippen molar-refractivity contribution < 1.29 is 9.84 Å². The summed E-state index contributed by atoms with van der Waals surface area (Å²) in [5.41, 5.74) is 6.55. The van der Waals surface area contributed by atoms with Crippen LogP contribution >= 0.6 is 0 Å². The van der Waals surface area contributed by atoms with Gasteiger partial charge in [-0.25, -0.2) is 0 Å². The normalized spacial score (nSPS) is 25.8. The molecule has 3 heteroatoms. The number of hydrogen-bond donors (Lipinski definition) is 1. The molecule has 0 spiro atoms. The molecule has 170 valence electrons. The van der Waals surface area contributed by atoms with Crippen LogP contribution in [0.1, 0.15) is 65.7 Å². The predicted octanol–water partition coefficient (Wildman–Crippen LogP) is 5.62. The zero-order valence-corrected chi connectivity index (χ0v) is 19.1. The van der Waals surface area contributed by atoms with E-state index in [1.807, 2.05) is 30.3 Å². The Hall–Kier alpha value is -2.46. The van der Waals surface area contributed by atoms with Gasteiger partial charge in [0.25, 0.3) is 0 Å². The van der Waals surface area contributed by atoms with Crippen LogP contribution in [0.5, 0.6) is 0 Å². The number of aryl methyl sites for hydroxylation is 2. The maximum atomic E-state index is 10.8. The molecule has 1 N–H and O–H groups in total. The van der Waals surface area contributed by atoms with Crippen molar-refractivity contribution >= 4 is 0 Å². The fourth-order valence-corrected chi connectivity index (χ4v) is 6.42. The van der Waals surface area contributed by atoms with Crippen molar-refractivity contribution in [3.8, 4) is 0 Å². The van der Waals surface area contributed by atoms with E-state index < -0.39 is 6.10 Å². The van der Waals surface area contributed by atoms with Crippen LogP contribution in [0.25, 0.3) is 0 Å². The van der Waals surface area contributed by atoms with Gasteiger partial charge in [-0.05, 0) is 66.3 Å². The molecule has 3 aliphatic rings. The minimum Gasteiger partial charge on any atom is -0.387 e. The zero-order valence-electron chi connectivity index (χ0n) is 19.1. The molecule has 6 rings (SSSR count). The third kappa shape index (κ3) is 4.14. The van der Waals surface area contributed by atoms with E-state index in [9.17, 15) is 5.11 Å². The molecule has 0 aromatic heterocycles. The highest BCUT2D eigenvalue weighted by Gasteiger charge is 2.43. The molecule has 3 aromatic rings. The van der Waals surface area contributed by atoms with Gasteiger partial charge in [0.15, 0.2) is 0 Å². The van der Waals surface area contributed by atoms with Gasteiger partial charge in [0.2, 0.25) is 0 Å². The van der Waals surface area contributed by atoms with Crippen molar-refractivity contribution in [2.45, 2.75) is 68.9 Å². The highest BCUT2D eigenvalue weighted by atomic mass is 16.5. The second-order valence-corrected chi connectivity index (χ2v) is 10.0. The van der Waals surface area contributed by atoms with E-state index in [0.717, 1.165) is 37.8 Å². The summed E-state index contributed by atoms with van der Waals surface area (Å²) >= 11 is 0. The van der Waals surface area contributed by atoms with Crippen LogP contribution in [0, 0.1) is 0 Å². The molecule has 4 atom stereocenters. The molecule has 1 aliphatic carbocycles. The lowest BCUT2D eigenvalue weighted by atomic mass is 9.94. The molecule has 33 heavy (non-hydrogen) atoms. The number of aliphatic hydroxyl groups excluding tert-OH is 1. The average molecular weight is 440 g/mol. The van der Waals surface area contributed by atoms with Crippen LogP contribution in [0.4, 0.5) is 0 Å². The SMILES string of the molecule is OC(CN1[C@@H]2CC[C@H]1CC(OC1c3ccccc3CCc3ccccc31)C2)c1ccccc1. The first-order valence-electron chi connectivity index (χ1n) is 12.6. The number of aliphatic hydroxyl groups is 1. The number of piperidine rings is 1. The largest absolute Gasteiger partial charge is 0.387 e. The molecule has 2 unspecified atom stereocenters. The standard InChI is InChI=1S/C30H33NO2/c32-29(23-10-2-1-3-11-23)20-31-24-16-17-25(31)19-26(18-24)33-30-27-12-6-4-8-21(27)14-15-22-9-5-7-13-28(22)30/h1-13,24-26,29-30,32H,14-20H2/t24-,25+,26?,29?. The van der Waals surface area contributed by atoms with Crippen LogP contribution in [0.3, 0.4) is 0 Å². The van der Waals surface area contributed by atoms with E-state index in [1.54, 1.807) is 0 Å². The molecule has 2 fully saturated rings. The highest BCUT2D eigenvalue weighted by molar-refractivity contribution is 5.43. The number of hydrogen-bond acceptors (Lipinski definition) is 3. The van der Waals surface area contributed by atoms with Gasteiger partial charge in [0.1, 0.15) is 6.10 Å². The van der Waals surface area contributed by atoms with Crippen LogP contribution in [-0.4, -0.2) is 34.7 Å². The Balaban J connectivity index is 1.21. The highest BCUT2D eigenvalue weighted by Crippen LogP contribution is 2.42. The molecule has 2 heterocycles. The van der Waals surface area contributed by atoms with Crippen LogP contribution in [0.2, 0.25) is 0 Å². The monoisotopic (exact) mass is 439 g/mol. The summed E-state index contributed by atoms with van der Waals surface area (Å²) in [6, 6.07) is 28.8. The first-order chi connectivity index (χ1) is 16.3. The maximum Gasteiger partial charge on any atom is 0.108 e. The summed E-state index contributed by atoms with van der Waals surface area (Å²) in [5.74, 6) is 0. The topological polar surface area (TPSA) is 32.7 Å². The summed E-state index contributed by atoms with van der Waals surface area (Å²) < 4.78 is 6.99. The van der Waals surface area contributed by atoms with Gasteiger partial charge >= 0.3 is 0 Å². The fraction of sp³-hybridized carbons (Fsp3) is 0.400. The number of rotatable bonds is 5. The Morgan fingerprint density at radius 2 is 1.30 bits per heavy atom. The van der Waals surface area contributed by atoms with Crippen LogP contribution in [-0.2, 0) is 17.6 Å². The van der Waals surface area contributed by atoms with Crippen LogP contribution < -0.4 is 0 Å². The second-order valence-electron chi connectivity index (χ2n) is 10.0. The van der Waals surface area contributed by atoms with Crippen molar-refractivity contribution in [1.29, 1.82) is 0 Å². The van der Waals surface area contributed by atoms with Gasteiger partial charge in [0, 0.05) is 18.6 Å². The predicted molar refractivity (Wildman–Crippen MR) is 131 cm³/mol. The van der Waals surface area contributed by atoms with E-state index in [-0.39, 0.29) is 12.2 Å². The molecule has 3 nitrogen and oxygen atoms in total. The minimum atomic E-state index is -0.424. The van der Waals surface area contributed by atoms with Crippen molar-refractivity contribution in [3.05, 3.63) is 107 Å². The Kier molecular flexibility index (Phi) is 5.79. The first kappa shape index (κ1) is 21.1. The van der Waals surface area contributed by atoms with Crippen molar-refractivity contribution in [2.75, 3.05) is 6.54 Å². The van der Waals surface area contributed by atoms with E-state index in [4.69, 9.17) is 4.74 Å². The van der Waals surface area contributed by atoms with Crippen molar-refractivity contribution in [1.82, 2.24) is 4.90 Å². The molecular formula is C30H33NO2.